The number of hydrogen-bond acceptors (Lipinski definition) is 6. The van der Waals surface area contributed by atoms with Crippen molar-refractivity contribution in [2.75, 3.05) is 17.7 Å². The van der Waals surface area contributed by atoms with Crippen molar-refractivity contribution in [3.63, 3.8) is 0 Å². The Balaban J connectivity index is 1.88. The van der Waals surface area contributed by atoms with Crippen molar-refractivity contribution < 1.29 is 19.1 Å². The molecule has 0 aliphatic carbocycles. The fraction of sp³-hybridized carbons (Fsp3) is 0.211. The lowest BCUT2D eigenvalue weighted by Gasteiger charge is -2.10. The van der Waals surface area contributed by atoms with Gasteiger partial charge in [0.05, 0.1) is 31.1 Å². The first-order valence-electron chi connectivity index (χ1n) is 8.38. The van der Waals surface area contributed by atoms with E-state index in [1.165, 1.54) is 13.3 Å². The van der Waals surface area contributed by atoms with Gasteiger partial charge in [0.15, 0.2) is 0 Å². The van der Waals surface area contributed by atoms with E-state index in [2.05, 4.69) is 26.1 Å². The molecule has 28 heavy (non-hydrogen) atoms. The molecule has 1 aromatic carbocycles. The average Bonchev–Trinajstić information content (AvgIpc) is 2.67. The number of aromatic nitrogens is 1. The molecular formula is C19H21N5O4. The molecule has 3 amide bonds. The molecule has 0 radical (unpaired) electrons. The molecule has 0 aliphatic rings. The summed E-state index contributed by atoms with van der Waals surface area (Å²) in [7, 11) is 1.46. The average molecular weight is 383 g/mol. The third kappa shape index (κ3) is 6.20. The minimum Gasteiger partial charge on any atom is -0.495 e. The van der Waals surface area contributed by atoms with E-state index < -0.39 is 11.8 Å². The van der Waals surface area contributed by atoms with Crippen molar-refractivity contribution >= 4 is 34.8 Å². The molecule has 0 fully saturated rings. The van der Waals surface area contributed by atoms with Crippen LogP contribution in [0.25, 0.3) is 0 Å². The molecule has 146 valence electrons. The van der Waals surface area contributed by atoms with Crippen molar-refractivity contribution in [2.24, 2.45) is 5.10 Å². The predicted octanol–water partition coefficient (Wildman–Crippen LogP) is 1.86. The van der Waals surface area contributed by atoms with Crippen molar-refractivity contribution in [2.45, 2.75) is 20.3 Å². The van der Waals surface area contributed by atoms with Gasteiger partial charge in [-0.2, -0.15) is 5.10 Å². The van der Waals surface area contributed by atoms with Gasteiger partial charge in [0.1, 0.15) is 5.75 Å². The van der Waals surface area contributed by atoms with Gasteiger partial charge in [-0.1, -0.05) is 6.07 Å². The minimum atomic E-state index is -0.962. The molecule has 2 rings (SSSR count). The molecule has 0 saturated heterocycles. The predicted molar refractivity (Wildman–Crippen MR) is 105 cm³/mol. The van der Waals surface area contributed by atoms with Gasteiger partial charge in [-0.25, -0.2) is 5.43 Å². The zero-order valence-corrected chi connectivity index (χ0v) is 15.8. The molecule has 0 atom stereocenters. The van der Waals surface area contributed by atoms with Gasteiger partial charge in [-0.15, -0.1) is 0 Å². The van der Waals surface area contributed by atoms with Crippen LogP contribution >= 0.6 is 0 Å². The van der Waals surface area contributed by atoms with E-state index in [-0.39, 0.29) is 12.3 Å². The third-order valence-corrected chi connectivity index (χ3v) is 3.52. The zero-order valence-electron chi connectivity index (χ0n) is 15.8. The first-order chi connectivity index (χ1) is 13.4. The number of ether oxygens (including phenoxy) is 1. The van der Waals surface area contributed by atoms with Crippen molar-refractivity contribution in [3.8, 4) is 5.75 Å². The Labute approximate surface area is 162 Å². The van der Waals surface area contributed by atoms with E-state index in [1.54, 1.807) is 37.4 Å². The number of nitrogens with one attached hydrogen (secondary N) is 3. The Morgan fingerprint density at radius 2 is 1.93 bits per heavy atom. The van der Waals surface area contributed by atoms with Crippen LogP contribution in [0.1, 0.15) is 18.9 Å². The first-order valence-corrected chi connectivity index (χ1v) is 8.38. The second-order valence-electron chi connectivity index (χ2n) is 5.91. The van der Waals surface area contributed by atoms with Crippen LogP contribution in [0.5, 0.6) is 5.75 Å². The minimum absolute atomic E-state index is 0.0531. The van der Waals surface area contributed by atoms with Crippen LogP contribution in [0, 0.1) is 6.92 Å². The Morgan fingerprint density at radius 1 is 1.14 bits per heavy atom. The molecule has 1 heterocycles. The largest absolute Gasteiger partial charge is 0.495 e. The molecule has 0 saturated carbocycles. The number of aryl methyl sites for hydroxylation is 1. The molecule has 2 aromatic rings. The summed E-state index contributed by atoms with van der Waals surface area (Å²) in [6, 6.07) is 8.58. The molecule has 0 unspecified atom stereocenters. The van der Waals surface area contributed by atoms with Crippen LogP contribution in [-0.2, 0) is 14.4 Å². The summed E-state index contributed by atoms with van der Waals surface area (Å²) in [5.74, 6) is -1.76. The third-order valence-electron chi connectivity index (χ3n) is 3.52. The van der Waals surface area contributed by atoms with Crippen molar-refractivity contribution in [1.82, 2.24) is 10.4 Å². The van der Waals surface area contributed by atoms with Gasteiger partial charge < -0.3 is 15.4 Å². The van der Waals surface area contributed by atoms with E-state index in [1.807, 2.05) is 13.0 Å². The van der Waals surface area contributed by atoms with E-state index in [9.17, 15) is 14.4 Å². The highest BCUT2D eigenvalue weighted by Crippen LogP contribution is 2.24. The van der Waals surface area contributed by atoms with Gasteiger partial charge >= 0.3 is 11.8 Å². The number of methoxy groups -OCH3 is 1. The van der Waals surface area contributed by atoms with E-state index in [4.69, 9.17) is 4.74 Å². The monoisotopic (exact) mass is 383 g/mol. The van der Waals surface area contributed by atoms with Crippen LogP contribution < -0.4 is 20.8 Å². The van der Waals surface area contributed by atoms with Gasteiger partial charge in [0.2, 0.25) is 5.91 Å². The van der Waals surface area contributed by atoms with Crippen LogP contribution in [0.15, 0.2) is 47.8 Å². The molecule has 3 N–H and O–H groups in total. The summed E-state index contributed by atoms with van der Waals surface area (Å²) in [4.78, 5) is 39.8. The fourth-order valence-corrected chi connectivity index (χ4v) is 2.21. The lowest BCUT2D eigenvalue weighted by Crippen LogP contribution is -2.33. The Kier molecular flexibility index (Phi) is 7.21. The summed E-state index contributed by atoms with van der Waals surface area (Å²) in [5, 5.41) is 8.89. The Bertz CT molecular complexity index is 896. The van der Waals surface area contributed by atoms with E-state index >= 15 is 0 Å². The molecule has 9 heteroatoms. The van der Waals surface area contributed by atoms with Crippen molar-refractivity contribution in [1.29, 1.82) is 0 Å². The number of hydrazone groups is 1. The summed E-state index contributed by atoms with van der Waals surface area (Å²) >= 11 is 0. The van der Waals surface area contributed by atoms with Crippen LogP contribution in [0.3, 0.4) is 0 Å². The molecule has 0 bridgehead atoms. The molecule has 1 aromatic heterocycles. The maximum absolute atomic E-state index is 12.0. The van der Waals surface area contributed by atoms with Gasteiger partial charge in [-0.05, 0) is 43.7 Å². The zero-order chi connectivity index (χ0) is 20.5. The number of benzene rings is 1. The highest BCUT2D eigenvalue weighted by Gasteiger charge is 2.16. The maximum Gasteiger partial charge on any atom is 0.329 e. The lowest BCUT2D eigenvalue weighted by atomic mass is 10.2. The highest BCUT2D eigenvalue weighted by atomic mass is 16.5. The van der Waals surface area contributed by atoms with E-state index in [0.717, 1.165) is 5.56 Å². The second kappa shape index (κ2) is 9.81. The molecule has 0 spiro atoms. The number of carbonyl (C=O) groups excluding carboxylic acids is 3. The summed E-state index contributed by atoms with van der Waals surface area (Å²) < 4.78 is 5.15. The van der Waals surface area contributed by atoms with Crippen LogP contribution in [-0.4, -0.2) is 35.5 Å². The lowest BCUT2D eigenvalue weighted by molar-refractivity contribution is -0.136. The topological polar surface area (TPSA) is 122 Å². The number of carbonyl (C=O) groups is 3. The van der Waals surface area contributed by atoms with Gasteiger partial charge in [0, 0.05) is 11.9 Å². The SMILES string of the molecule is COc1ccc(C)cc1NC(=O)C(=O)NN=C(C)CC(=O)Nc1cccnc1. The highest BCUT2D eigenvalue weighted by molar-refractivity contribution is 6.39. The number of amides is 3. The number of nitrogens with zero attached hydrogens (tertiary/aromatic N) is 2. The second-order valence-corrected chi connectivity index (χ2v) is 5.91. The number of hydrogen-bond donors (Lipinski definition) is 3. The number of pyridine rings is 1. The van der Waals surface area contributed by atoms with Crippen LogP contribution in [0.4, 0.5) is 11.4 Å². The summed E-state index contributed by atoms with van der Waals surface area (Å²) in [5.41, 5.74) is 4.28. The normalized spacial score (nSPS) is 10.8. The van der Waals surface area contributed by atoms with Gasteiger partial charge in [-0.3, -0.25) is 19.4 Å². The molecule has 9 nitrogen and oxygen atoms in total. The Hall–Kier alpha value is -3.75. The van der Waals surface area contributed by atoms with Crippen molar-refractivity contribution in [3.05, 3.63) is 48.3 Å². The first kappa shape index (κ1) is 20.6. The fourth-order valence-electron chi connectivity index (χ4n) is 2.21. The molecule has 0 aliphatic heterocycles. The Morgan fingerprint density at radius 3 is 2.61 bits per heavy atom. The number of anilines is 2. The maximum atomic E-state index is 12.0. The van der Waals surface area contributed by atoms with E-state index in [0.29, 0.717) is 22.8 Å². The van der Waals surface area contributed by atoms with Gasteiger partial charge in [0.25, 0.3) is 0 Å². The standard InChI is InChI=1S/C19H21N5O4/c1-12-6-7-16(28-3)15(9-12)22-18(26)19(27)24-23-13(2)10-17(25)21-14-5-4-8-20-11-14/h4-9,11H,10H2,1-3H3,(H,21,25)(H,22,26)(H,24,27). The van der Waals surface area contributed by atoms with Crippen LogP contribution in [0.2, 0.25) is 0 Å². The molecular weight excluding hydrogens is 362 g/mol. The summed E-state index contributed by atoms with van der Waals surface area (Å²) in [6.45, 7) is 3.41. The summed E-state index contributed by atoms with van der Waals surface area (Å²) in [6.07, 6.45) is 3.05. The quantitative estimate of drug-likeness (QED) is 0.399. The number of rotatable bonds is 6. The smallest absolute Gasteiger partial charge is 0.329 e.